The van der Waals surface area contributed by atoms with Gasteiger partial charge in [0.05, 0.1) is 18.0 Å². The fraction of sp³-hybridized carbons (Fsp3) is 0.294. The Morgan fingerprint density at radius 2 is 1.91 bits per heavy atom. The smallest absolute Gasteiger partial charge is 0.239 e. The molecule has 2 aromatic carbocycles. The minimum Gasteiger partial charge on any atom is -0.489 e. The number of hydrogen-bond acceptors (Lipinski definition) is 3. The molecule has 116 valence electrons. The van der Waals surface area contributed by atoms with Crippen LogP contribution in [0.25, 0.3) is 0 Å². The quantitative estimate of drug-likeness (QED) is 0.874. The molecule has 1 aliphatic rings. The van der Waals surface area contributed by atoms with E-state index in [1.807, 2.05) is 56.3 Å². The Labute approximate surface area is 131 Å². The van der Waals surface area contributed by atoms with Crippen LogP contribution in [0.2, 0.25) is 0 Å². The third-order valence-electron chi connectivity index (χ3n) is 3.87. The van der Waals surface area contributed by atoms with Crippen LogP contribution in [0.4, 0.5) is 5.69 Å². The molecule has 0 fully saturated rings. The van der Waals surface area contributed by atoms with Gasteiger partial charge in [-0.2, -0.15) is 0 Å². The molecule has 5 heteroatoms. The van der Waals surface area contributed by atoms with Crippen LogP contribution in [0, 0.1) is 13.8 Å². The number of fused-ring (bicyclic) bond motifs is 1. The Bertz CT molecular complexity index is 799. The van der Waals surface area contributed by atoms with Crippen LogP contribution in [0.3, 0.4) is 0 Å². The number of ether oxygens (including phenoxy) is 1. The highest BCUT2D eigenvalue weighted by Gasteiger charge is 2.29. The topological polar surface area (TPSA) is 46.6 Å². The fourth-order valence-corrected chi connectivity index (χ4v) is 4.31. The lowest BCUT2D eigenvalue weighted by molar-refractivity contribution is 0.315. The van der Waals surface area contributed by atoms with Gasteiger partial charge in [-0.05, 0) is 42.7 Å². The van der Waals surface area contributed by atoms with E-state index in [9.17, 15) is 8.42 Å². The molecule has 0 bridgehead atoms. The first-order valence-electron chi connectivity index (χ1n) is 7.26. The van der Waals surface area contributed by atoms with Gasteiger partial charge in [0.25, 0.3) is 0 Å². The molecule has 0 saturated carbocycles. The molecule has 3 rings (SSSR count). The summed E-state index contributed by atoms with van der Waals surface area (Å²) in [5.41, 5.74) is 3.48. The molecule has 0 N–H and O–H groups in total. The van der Waals surface area contributed by atoms with Gasteiger partial charge < -0.3 is 4.74 Å². The molecular weight excluding hydrogens is 298 g/mol. The molecule has 0 unspecified atom stereocenters. The number of benzene rings is 2. The molecule has 22 heavy (non-hydrogen) atoms. The SMILES string of the molecule is Cc1ccc2c(c1)N(S(=O)(=O)Cc1ccccc1C)CCO2. The van der Waals surface area contributed by atoms with E-state index in [2.05, 4.69) is 0 Å². The molecule has 0 aliphatic carbocycles. The van der Waals surface area contributed by atoms with E-state index < -0.39 is 10.0 Å². The van der Waals surface area contributed by atoms with Gasteiger partial charge >= 0.3 is 0 Å². The Kier molecular flexibility index (Phi) is 3.83. The molecule has 2 aromatic rings. The van der Waals surface area contributed by atoms with Gasteiger partial charge in [0.2, 0.25) is 10.0 Å². The van der Waals surface area contributed by atoms with Crippen molar-refractivity contribution in [2.75, 3.05) is 17.5 Å². The van der Waals surface area contributed by atoms with Gasteiger partial charge in [0, 0.05) is 0 Å². The summed E-state index contributed by atoms with van der Waals surface area (Å²) in [5, 5.41) is 0. The Hall–Kier alpha value is -2.01. The predicted molar refractivity (Wildman–Crippen MR) is 87.8 cm³/mol. The normalized spacial score (nSPS) is 14.4. The first-order valence-corrected chi connectivity index (χ1v) is 8.87. The molecule has 1 heterocycles. The van der Waals surface area contributed by atoms with Crippen LogP contribution in [0.15, 0.2) is 42.5 Å². The van der Waals surface area contributed by atoms with E-state index in [0.29, 0.717) is 24.6 Å². The lowest BCUT2D eigenvalue weighted by Gasteiger charge is -2.31. The van der Waals surface area contributed by atoms with Crippen molar-refractivity contribution < 1.29 is 13.2 Å². The Morgan fingerprint density at radius 1 is 1.14 bits per heavy atom. The zero-order valence-corrected chi connectivity index (χ0v) is 13.6. The summed E-state index contributed by atoms with van der Waals surface area (Å²) in [6, 6.07) is 13.2. The fourth-order valence-electron chi connectivity index (χ4n) is 2.64. The highest BCUT2D eigenvalue weighted by Crippen LogP contribution is 2.35. The van der Waals surface area contributed by atoms with E-state index >= 15 is 0 Å². The number of nitrogens with zero attached hydrogens (tertiary/aromatic N) is 1. The Morgan fingerprint density at radius 3 is 2.68 bits per heavy atom. The van der Waals surface area contributed by atoms with E-state index in [-0.39, 0.29) is 5.75 Å². The van der Waals surface area contributed by atoms with E-state index in [0.717, 1.165) is 16.7 Å². The van der Waals surface area contributed by atoms with Crippen LogP contribution in [0.1, 0.15) is 16.7 Å². The molecule has 0 spiro atoms. The van der Waals surface area contributed by atoms with Gasteiger partial charge in [0.15, 0.2) is 0 Å². The zero-order valence-electron chi connectivity index (χ0n) is 12.7. The summed E-state index contributed by atoms with van der Waals surface area (Å²) in [6.45, 7) is 4.61. The summed E-state index contributed by atoms with van der Waals surface area (Å²) in [7, 11) is -3.44. The van der Waals surface area contributed by atoms with Gasteiger partial charge in [-0.3, -0.25) is 4.31 Å². The molecule has 0 aromatic heterocycles. The number of anilines is 1. The minimum absolute atomic E-state index is 0.00700. The van der Waals surface area contributed by atoms with Crippen molar-refractivity contribution in [2.45, 2.75) is 19.6 Å². The number of sulfonamides is 1. The molecular formula is C17H19NO3S. The van der Waals surface area contributed by atoms with Gasteiger partial charge in [-0.15, -0.1) is 0 Å². The minimum atomic E-state index is -3.44. The second kappa shape index (κ2) is 5.65. The molecule has 4 nitrogen and oxygen atoms in total. The van der Waals surface area contributed by atoms with E-state index in [1.54, 1.807) is 0 Å². The van der Waals surface area contributed by atoms with Gasteiger partial charge in [-0.25, -0.2) is 8.42 Å². The van der Waals surface area contributed by atoms with Gasteiger partial charge in [0.1, 0.15) is 12.4 Å². The molecule has 0 amide bonds. The first kappa shape index (κ1) is 14.9. The largest absolute Gasteiger partial charge is 0.489 e. The lowest BCUT2D eigenvalue weighted by atomic mass is 10.1. The van der Waals surface area contributed by atoms with Gasteiger partial charge in [-0.1, -0.05) is 30.3 Å². The summed E-state index contributed by atoms with van der Waals surface area (Å²) < 4.78 is 32.8. The van der Waals surface area contributed by atoms with E-state index in [4.69, 9.17) is 4.74 Å². The van der Waals surface area contributed by atoms with Crippen LogP contribution < -0.4 is 9.04 Å². The summed E-state index contributed by atoms with van der Waals surface area (Å²) in [4.78, 5) is 0. The monoisotopic (exact) mass is 317 g/mol. The second-order valence-corrected chi connectivity index (χ2v) is 7.47. The van der Waals surface area contributed by atoms with Crippen molar-refractivity contribution in [1.29, 1.82) is 0 Å². The maximum atomic E-state index is 12.9. The standard InChI is InChI=1S/C17H19NO3S/c1-13-7-8-17-16(11-13)18(9-10-21-17)22(19,20)12-15-6-4-3-5-14(15)2/h3-8,11H,9-10,12H2,1-2H3. The summed E-state index contributed by atoms with van der Waals surface area (Å²) >= 11 is 0. The molecule has 0 saturated heterocycles. The van der Waals surface area contributed by atoms with Crippen LogP contribution >= 0.6 is 0 Å². The third-order valence-corrected chi connectivity index (χ3v) is 5.60. The van der Waals surface area contributed by atoms with Crippen molar-refractivity contribution in [3.63, 3.8) is 0 Å². The maximum Gasteiger partial charge on any atom is 0.239 e. The van der Waals surface area contributed by atoms with Crippen molar-refractivity contribution in [1.82, 2.24) is 0 Å². The van der Waals surface area contributed by atoms with Crippen LogP contribution in [-0.4, -0.2) is 21.6 Å². The first-order chi connectivity index (χ1) is 10.5. The van der Waals surface area contributed by atoms with Crippen LogP contribution in [0.5, 0.6) is 5.75 Å². The molecule has 1 aliphatic heterocycles. The molecule has 0 radical (unpaired) electrons. The average Bonchev–Trinajstić information content (AvgIpc) is 2.48. The zero-order chi connectivity index (χ0) is 15.7. The van der Waals surface area contributed by atoms with Crippen LogP contribution in [-0.2, 0) is 15.8 Å². The van der Waals surface area contributed by atoms with Crippen molar-refractivity contribution in [2.24, 2.45) is 0 Å². The van der Waals surface area contributed by atoms with Crippen molar-refractivity contribution in [3.05, 3.63) is 59.2 Å². The summed E-state index contributed by atoms with van der Waals surface area (Å²) in [6.07, 6.45) is 0. The summed E-state index contributed by atoms with van der Waals surface area (Å²) in [5.74, 6) is 0.637. The Balaban J connectivity index is 1.98. The predicted octanol–water partition coefficient (Wildman–Crippen LogP) is 3.03. The third kappa shape index (κ3) is 2.81. The van der Waals surface area contributed by atoms with Crippen molar-refractivity contribution in [3.8, 4) is 5.75 Å². The second-order valence-electron chi connectivity index (χ2n) is 5.57. The highest BCUT2D eigenvalue weighted by molar-refractivity contribution is 7.92. The number of aryl methyl sites for hydroxylation is 2. The van der Waals surface area contributed by atoms with E-state index in [1.165, 1.54) is 4.31 Å². The number of rotatable bonds is 3. The maximum absolute atomic E-state index is 12.9. The molecule has 0 atom stereocenters. The van der Waals surface area contributed by atoms with Crippen molar-refractivity contribution >= 4 is 15.7 Å². The highest BCUT2D eigenvalue weighted by atomic mass is 32.2. The average molecular weight is 317 g/mol. The lowest BCUT2D eigenvalue weighted by Crippen LogP contribution is -2.38. The number of hydrogen-bond donors (Lipinski definition) is 0.